The van der Waals surface area contributed by atoms with Crippen LogP contribution in [0.4, 0.5) is 5.69 Å². The second-order valence-corrected chi connectivity index (χ2v) is 8.02. The van der Waals surface area contributed by atoms with Gasteiger partial charge in [-0.3, -0.25) is 9.59 Å². The van der Waals surface area contributed by atoms with E-state index in [9.17, 15) is 9.59 Å². The number of carbonyl (C=O) groups excluding carboxylic acids is 2. The lowest BCUT2D eigenvalue weighted by Crippen LogP contribution is -2.25. The van der Waals surface area contributed by atoms with E-state index in [-0.39, 0.29) is 23.5 Å². The molecule has 0 fully saturated rings. The second kappa shape index (κ2) is 8.13. The van der Waals surface area contributed by atoms with E-state index in [2.05, 4.69) is 33.9 Å². The highest BCUT2D eigenvalue weighted by Gasteiger charge is 2.23. The van der Waals surface area contributed by atoms with Crippen LogP contribution < -0.4 is 10.1 Å². The molecule has 7 heteroatoms. The summed E-state index contributed by atoms with van der Waals surface area (Å²) in [4.78, 5) is 29.1. The maximum atomic E-state index is 13.0. The maximum absolute atomic E-state index is 13.0. The molecule has 1 aromatic heterocycles. The van der Waals surface area contributed by atoms with E-state index >= 15 is 0 Å². The summed E-state index contributed by atoms with van der Waals surface area (Å²) in [5.74, 6) is 0.336. The molecule has 6 nitrogen and oxygen atoms in total. The first kappa shape index (κ1) is 19.3. The fourth-order valence-electron chi connectivity index (χ4n) is 3.28. The van der Waals surface area contributed by atoms with Gasteiger partial charge in [0.25, 0.3) is 5.91 Å². The van der Waals surface area contributed by atoms with Gasteiger partial charge >= 0.3 is 0 Å². The molecule has 0 aliphatic carbocycles. The number of hydrogen-bond donors (Lipinski definition) is 1. The first-order valence-corrected chi connectivity index (χ1v) is 10.3. The molecule has 1 N–H and O–H groups in total. The molecule has 2 heterocycles. The smallest absolute Gasteiger partial charge is 0.262 e. The van der Waals surface area contributed by atoms with E-state index in [4.69, 9.17) is 4.74 Å². The van der Waals surface area contributed by atoms with Crippen molar-refractivity contribution in [1.29, 1.82) is 0 Å². The van der Waals surface area contributed by atoms with Gasteiger partial charge in [0, 0.05) is 12.1 Å². The summed E-state index contributed by atoms with van der Waals surface area (Å²) >= 11 is 1.43. The molecule has 3 aromatic rings. The van der Waals surface area contributed by atoms with Crippen molar-refractivity contribution in [3.63, 3.8) is 0 Å². The molecular weight excluding hydrogens is 386 g/mol. The van der Waals surface area contributed by atoms with Gasteiger partial charge in [0.2, 0.25) is 0 Å². The first-order chi connectivity index (χ1) is 14.1. The summed E-state index contributed by atoms with van der Waals surface area (Å²) in [6.45, 7) is 4.70. The number of Topliss-reactive ketones (excluding diaryl/α,β-unsaturated/α-hetero) is 1. The van der Waals surface area contributed by atoms with Crippen LogP contribution in [0.2, 0.25) is 0 Å². The lowest BCUT2D eigenvalue weighted by atomic mass is 10.1. The number of fused-ring (bicyclic) bond motifs is 1. The number of carbonyl (C=O) groups is 2. The third-order valence-corrected chi connectivity index (χ3v) is 5.86. The zero-order chi connectivity index (χ0) is 20.4. The number of hydrogen-bond acceptors (Lipinski definition) is 5. The Morgan fingerprint density at radius 2 is 2.07 bits per heavy atom. The summed E-state index contributed by atoms with van der Waals surface area (Å²) in [5, 5.41) is 3.22. The molecule has 0 radical (unpaired) electrons. The predicted molar refractivity (Wildman–Crippen MR) is 114 cm³/mol. The van der Waals surface area contributed by atoms with Crippen molar-refractivity contribution in [2.24, 2.45) is 0 Å². The average Bonchev–Trinajstić information content (AvgIpc) is 3.15. The molecule has 4 rings (SSSR count). The maximum Gasteiger partial charge on any atom is 0.262 e. The number of thioether (sulfide) groups is 1. The molecule has 1 aliphatic rings. The zero-order valence-corrected chi connectivity index (χ0v) is 17.0. The molecule has 0 saturated carbocycles. The summed E-state index contributed by atoms with van der Waals surface area (Å²) in [5.41, 5.74) is 3.19. The Morgan fingerprint density at radius 1 is 1.28 bits per heavy atom. The van der Waals surface area contributed by atoms with Crippen LogP contribution in [-0.4, -0.2) is 33.1 Å². The Labute approximate surface area is 173 Å². The van der Waals surface area contributed by atoms with Crippen LogP contribution in [-0.2, 0) is 11.3 Å². The van der Waals surface area contributed by atoms with Crippen LogP contribution in [0, 0.1) is 0 Å². The normalized spacial score (nSPS) is 13.9. The minimum Gasteiger partial charge on any atom is -0.482 e. The number of ketones is 1. The van der Waals surface area contributed by atoms with E-state index in [1.807, 2.05) is 31.3 Å². The van der Waals surface area contributed by atoms with E-state index in [0.29, 0.717) is 17.0 Å². The molecular formula is C22H21N3O3S. The van der Waals surface area contributed by atoms with Gasteiger partial charge < -0.3 is 14.6 Å². The van der Waals surface area contributed by atoms with Gasteiger partial charge in [0.1, 0.15) is 5.75 Å². The number of amides is 1. The lowest BCUT2D eigenvalue weighted by molar-refractivity contribution is -0.118. The van der Waals surface area contributed by atoms with Crippen molar-refractivity contribution in [2.75, 3.05) is 11.9 Å². The van der Waals surface area contributed by atoms with Crippen LogP contribution >= 0.6 is 11.8 Å². The van der Waals surface area contributed by atoms with Crippen molar-refractivity contribution in [2.45, 2.75) is 30.8 Å². The van der Waals surface area contributed by atoms with Crippen molar-refractivity contribution >= 4 is 29.1 Å². The number of rotatable bonds is 6. The monoisotopic (exact) mass is 407 g/mol. The van der Waals surface area contributed by atoms with Crippen molar-refractivity contribution in [3.05, 3.63) is 60.3 Å². The van der Waals surface area contributed by atoms with Crippen LogP contribution in [0.5, 0.6) is 5.75 Å². The number of anilines is 1. The van der Waals surface area contributed by atoms with Crippen LogP contribution in [0.1, 0.15) is 24.2 Å². The summed E-state index contributed by atoms with van der Waals surface area (Å²) in [6.07, 6.45) is 1.85. The molecule has 0 spiro atoms. The SMILES string of the molecule is CCn1c(-c2ccccc2)cnc1S[C@@H](C)C(=O)c1ccc2c(c1)NC(=O)CO2. The van der Waals surface area contributed by atoms with Crippen molar-refractivity contribution in [3.8, 4) is 17.0 Å². The number of benzene rings is 2. The quantitative estimate of drug-likeness (QED) is 0.488. The molecule has 0 saturated heterocycles. The van der Waals surface area contributed by atoms with Gasteiger partial charge in [-0.05, 0) is 37.6 Å². The van der Waals surface area contributed by atoms with Crippen molar-refractivity contribution < 1.29 is 14.3 Å². The summed E-state index contributed by atoms with van der Waals surface area (Å²) in [6, 6.07) is 15.2. The highest BCUT2D eigenvalue weighted by Crippen LogP contribution is 2.32. The molecule has 2 aromatic carbocycles. The van der Waals surface area contributed by atoms with Crippen LogP contribution in [0.3, 0.4) is 0 Å². The van der Waals surface area contributed by atoms with Crippen molar-refractivity contribution in [1.82, 2.24) is 9.55 Å². The third kappa shape index (κ3) is 3.91. The number of aromatic nitrogens is 2. The Hall–Kier alpha value is -3.06. The van der Waals surface area contributed by atoms with Gasteiger partial charge in [0.15, 0.2) is 17.5 Å². The summed E-state index contributed by atoms with van der Waals surface area (Å²) in [7, 11) is 0. The first-order valence-electron chi connectivity index (χ1n) is 9.45. The minimum atomic E-state index is -0.329. The Morgan fingerprint density at radius 3 is 2.83 bits per heavy atom. The van der Waals surface area contributed by atoms with Gasteiger partial charge in [-0.2, -0.15) is 0 Å². The van der Waals surface area contributed by atoms with E-state index < -0.39 is 0 Å². The molecule has 1 amide bonds. The molecule has 148 valence electrons. The van der Waals surface area contributed by atoms with E-state index in [1.165, 1.54) is 11.8 Å². The predicted octanol–water partition coefficient (Wildman–Crippen LogP) is 4.26. The van der Waals surface area contributed by atoms with Crippen LogP contribution in [0.15, 0.2) is 59.9 Å². The fraction of sp³-hybridized carbons (Fsp3) is 0.227. The Kier molecular flexibility index (Phi) is 5.40. The molecule has 1 atom stereocenters. The number of imidazole rings is 1. The van der Waals surface area contributed by atoms with Gasteiger partial charge in [-0.1, -0.05) is 42.1 Å². The molecule has 0 unspecified atom stereocenters. The molecule has 0 bridgehead atoms. The standard InChI is InChI=1S/C22H21N3O3S/c1-3-25-18(15-7-5-4-6-8-15)12-23-22(25)29-14(2)21(27)16-9-10-19-17(11-16)24-20(26)13-28-19/h4-12,14H,3,13H2,1-2H3,(H,24,26)/t14-/m0/s1. The Balaban J connectivity index is 1.55. The van der Waals surface area contributed by atoms with Gasteiger partial charge in [0.05, 0.1) is 22.8 Å². The molecule has 29 heavy (non-hydrogen) atoms. The number of nitrogens with zero attached hydrogens (tertiary/aromatic N) is 2. The average molecular weight is 407 g/mol. The minimum absolute atomic E-state index is 0.00400. The fourth-order valence-corrected chi connectivity index (χ4v) is 4.31. The largest absolute Gasteiger partial charge is 0.482 e. The Bertz CT molecular complexity index is 1060. The van der Waals surface area contributed by atoms with E-state index in [1.54, 1.807) is 18.2 Å². The number of ether oxygens (including phenoxy) is 1. The number of nitrogens with one attached hydrogen (secondary N) is 1. The highest BCUT2D eigenvalue weighted by atomic mass is 32.2. The highest BCUT2D eigenvalue weighted by molar-refractivity contribution is 8.00. The van der Waals surface area contributed by atoms with Crippen LogP contribution in [0.25, 0.3) is 11.3 Å². The topological polar surface area (TPSA) is 73.2 Å². The van der Waals surface area contributed by atoms with Gasteiger partial charge in [-0.15, -0.1) is 0 Å². The summed E-state index contributed by atoms with van der Waals surface area (Å²) < 4.78 is 7.48. The second-order valence-electron chi connectivity index (χ2n) is 6.71. The van der Waals surface area contributed by atoms with E-state index in [0.717, 1.165) is 23.0 Å². The molecule has 1 aliphatic heterocycles. The zero-order valence-electron chi connectivity index (χ0n) is 16.2. The van der Waals surface area contributed by atoms with Gasteiger partial charge in [-0.25, -0.2) is 4.98 Å². The third-order valence-electron chi connectivity index (χ3n) is 4.75. The lowest BCUT2D eigenvalue weighted by Gasteiger charge is -2.19.